The molecule has 0 N–H and O–H groups in total. The van der Waals surface area contributed by atoms with Crippen LogP contribution in [0.25, 0.3) is 22.6 Å². The van der Waals surface area contributed by atoms with Gasteiger partial charge in [0, 0.05) is 6.20 Å². The Morgan fingerprint density at radius 1 is 1.12 bits per heavy atom. The van der Waals surface area contributed by atoms with Gasteiger partial charge in [-0.3, -0.25) is 0 Å². The predicted molar refractivity (Wildman–Crippen MR) is 78.8 cm³/mol. The Hall–Kier alpha value is -3.23. The Morgan fingerprint density at radius 2 is 1.96 bits per heavy atom. The van der Waals surface area contributed by atoms with Gasteiger partial charge in [0.15, 0.2) is 17.3 Å². The molecule has 120 valence electrons. The molecule has 0 aliphatic rings. The smallest absolute Gasteiger partial charge is 0.173 e. The maximum Gasteiger partial charge on any atom is 0.173 e. The zero-order valence-corrected chi connectivity index (χ0v) is 12.4. The highest BCUT2D eigenvalue weighted by molar-refractivity contribution is 5.81. The van der Waals surface area contributed by atoms with Crippen LogP contribution in [0.4, 0.5) is 8.78 Å². The molecule has 0 saturated heterocycles. The molecule has 7 nitrogen and oxygen atoms in total. The first kappa shape index (κ1) is 14.4. The van der Waals surface area contributed by atoms with Gasteiger partial charge in [0.2, 0.25) is 0 Å². The zero-order valence-electron chi connectivity index (χ0n) is 12.4. The van der Waals surface area contributed by atoms with Gasteiger partial charge in [-0.2, -0.15) is 10.2 Å². The summed E-state index contributed by atoms with van der Waals surface area (Å²) in [5.41, 5.74) is 1.28. The van der Waals surface area contributed by atoms with Crippen LogP contribution in [0.1, 0.15) is 11.4 Å². The molecule has 0 bridgehead atoms. The lowest BCUT2D eigenvalue weighted by molar-refractivity contribution is 0.305. The number of imidazole rings is 1. The van der Waals surface area contributed by atoms with Crippen LogP contribution in [0, 0.1) is 18.6 Å². The molecule has 0 aliphatic carbocycles. The average molecular weight is 328 g/mol. The molecule has 3 aromatic heterocycles. The van der Waals surface area contributed by atoms with Gasteiger partial charge >= 0.3 is 0 Å². The SMILES string of the molecule is Cc1nonc1-c1nc2c(F)ccc(F)c2n1Cc1cccnn1. The van der Waals surface area contributed by atoms with Crippen molar-refractivity contribution in [3.8, 4) is 11.5 Å². The van der Waals surface area contributed by atoms with Gasteiger partial charge in [0.05, 0.1) is 12.2 Å². The molecule has 0 atom stereocenters. The summed E-state index contributed by atoms with van der Waals surface area (Å²) < 4.78 is 34.7. The first-order chi connectivity index (χ1) is 11.6. The zero-order chi connectivity index (χ0) is 16.7. The first-order valence-corrected chi connectivity index (χ1v) is 7.05. The highest BCUT2D eigenvalue weighted by Gasteiger charge is 2.23. The fourth-order valence-corrected chi connectivity index (χ4v) is 2.51. The monoisotopic (exact) mass is 328 g/mol. The van der Waals surface area contributed by atoms with Crippen LogP contribution in [-0.4, -0.2) is 30.1 Å². The number of hydrogen-bond acceptors (Lipinski definition) is 6. The molecule has 1 aromatic carbocycles. The maximum atomic E-state index is 14.4. The van der Waals surface area contributed by atoms with Crippen molar-refractivity contribution in [3.63, 3.8) is 0 Å². The van der Waals surface area contributed by atoms with Crippen molar-refractivity contribution in [2.75, 3.05) is 0 Å². The fraction of sp³-hybridized carbons (Fsp3) is 0.133. The number of nitrogens with zero attached hydrogens (tertiary/aromatic N) is 6. The molecule has 3 heterocycles. The number of benzene rings is 1. The predicted octanol–water partition coefficient (Wildman–Crippen LogP) is 2.51. The van der Waals surface area contributed by atoms with Crippen LogP contribution in [0.15, 0.2) is 35.1 Å². The number of halogens is 2. The molecule has 0 unspecified atom stereocenters. The number of fused-ring (bicyclic) bond motifs is 1. The van der Waals surface area contributed by atoms with Crippen molar-refractivity contribution in [1.82, 2.24) is 30.1 Å². The fourth-order valence-electron chi connectivity index (χ4n) is 2.51. The maximum absolute atomic E-state index is 14.4. The highest BCUT2D eigenvalue weighted by atomic mass is 19.1. The van der Waals surface area contributed by atoms with Crippen molar-refractivity contribution >= 4 is 11.0 Å². The van der Waals surface area contributed by atoms with Crippen molar-refractivity contribution in [2.45, 2.75) is 13.5 Å². The Bertz CT molecular complexity index is 1030. The van der Waals surface area contributed by atoms with E-state index in [1.54, 1.807) is 19.1 Å². The van der Waals surface area contributed by atoms with E-state index in [1.165, 1.54) is 10.8 Å². The molecule has 0 fully saturated rings. The van der Waals surface area contributed by atoms with E-state index < -0.39 is 11.6 Å². The minimum Gasteiger partial charge on any atom is -0.314 e. The second kappa shape index (κ2) is 5.44. The van der Waals surface area contributed by atoms with E-state index in [2.05, 4.69) is 25.5 Å². The number of hydrogen-bond donors (Lipinski definition) is 0. The van der Waals surface area contributed by atoms with Gasteiger partial charge < -0.3 is 4.57 Å². The van der Waals surface area contributed by atoms with E-state index in [1.807, 2.05) is 0 Å². The van der Waals surface area contributed by atoms with Crippen LogP contribution >= 0.6 is 0 Å². The van der Waals surface area contributed by atoms with E-state index in [0.29, 0.717) is 17.1 Å². The summed E-state index contributed by atoms with van der Waals surface area (Å²) in [7, 11) is 0. The largest absolute Gasteiger partial charge is 0.314 e. The third-order valence-electron chi connectivity index (χ3n) is 3.61. The second-order valence-electron chi connectivity index (χ2n) is 5.16. The minimum atomic E-state index is -0.625. The van der Waals surface area contributed by atoms with Gasteiger partial charge in [-0.1, -0.05) is 5.16 Å². The third kappa shape index (κ3) is 2.21. The minimum absolute atomic E-state index is 0.0260. The first-order valence-electron chi connectivity index (χ1n) is 7.05. The van der Waals surface area contributed by atoms with Crippen molar-refractivity contribution in [2.24, 2.45) is 0 Å². The molecule has 0 aliphatic heterocycles. The van der Waals surface area contributed by atoms with Gasteiger partial charge in [0.1, 0.15) is 22.5 Å². The molecule has 0 radical (unpaired) electrons. The highest BCUT2D eigenvalue weighted by Crippen LogP contribution is 2.29. The van der Waals surface area contributed by atoms with Crippen molar-refractivity contribution in [1.29, 1.82) is 0 Å². The summed E-state index contributed by atoms with van der Waals surface area (Å²) in [4.78, 5) is 4.21. The Kier molecular flexibility index (Phi) is 3.26. The lowest BCUT2D eigenvalue weighted by atomic mass is 10.2. The molecular weight excluding hydrogens is 318 g/mol. The molecule has 4 aromatic rings. The van der Waals surface area contributed by atoms with E-state index in [4.69, 9.17) is 4.63 Å². The average Bonchev–Trinajstić information content (AvgIpc) is 3.16. The summed E-state index contributed by atoms with van der Waals surface area (Å²) in [5.74, 6) is -0.971. The van der Waals surface area contributed by atoms with Crippen LogP contribution in [0.2, 0.25) is 0 Å². The normalized spacial score (nSPS) is 11.3. The van der Waals surface area contributed by atoms with E-state index >= 15 is 0 Å². The molecular formula is C15H10F2N6O. The van der Waals surface area contributed by atoms with Crippen molar-refractivity contribution in [3.05, 3.63) is 53.5 Å². The summed E-state index contributed by atoms with van der Waals surface area (Å²) >= 11 is 0. The van der Waals surface area contributed by atoms with Gasteiger partial charge in [-0.25, -0.2) is 18.4 Å². The van der Waals surface area contributed by atoms with E-state index in [0.717, 1.165) is 12.1 Å². The molecule has 0 amide bonds. The standard InChI is InChI=1S/C15H10F2N6O/c1-8-12(22-24-21-8)15-19-13-10(16)4-5-11(17)14(13)23(15)7-9-3-2-6-18-20-9/h2-6H,7H2,1H3. The Labute approximate surface area is 133 Å². The molecule has 4 rings (SSSR count). The van der Waals surface area contributed by atoms with Crippen LogP contribution in [-0.2, 0) is 6.54 Å². The topological polar surface area (TPSA) is 82.5 Å². The summed E-state index contributed by atoms with van der Waals surface area (Å²) in [5, 5.41) is 15.3. The van der Waals surface area contributed by atoms with Crippen LogP contribution < -0.4 is 0 Å². The lowest BCUT2D eigenvalue weighted by Crippen LogP contribution is -2.06. The molecule has 0 spiro atoms. The number of aryl methyl sites for hydroxylation is 1. The summed E-state index contributed by atoms with van der Waals surface area (Å²) in [6.07, 6.45) is 1.53. The number of rotatable bonds is 3. The molecule has 9 heteroatoms. The van der Waals surface area contributed by atoms with E-state index in [-0.39, 0.29) is 23.4 Å². The Balaban J connectivity index is 2.01. The van der Waals surface area contributed by atoms with Crippen molar-refractivity contribution < 1.29 is 13.4 Å². The van der Waals surface area contributed by atoms with Crippen LogP contribution in [0.3, 0.4) is 0 Å². The van der Waals surface area contributed by atoms with E-state index in [9.17, 15) is 8.78 Å². The molecule has 24 heavy (non-hydrogen) atoms. The van der Waals surface area contributed by atoms with Gasteiger partial charge in [-0.15, -0.1) is 0 Å². The quantitative estimate of drug-likeness (QED) is 0.575. The second-order valence-corrected chi connectivity index (χ2v) is 5.16. The third-order valence-corrected chi connectivity index (χ3v) is 3.61. The number of aromatic nitrogens is 6. The molecule has 0 saturated carbocycles. The van der Waals surface area contributed by atoms with Gasteiger partial charge in [0.25, 0.3) is 0 Å². The van der Waals surface area contributed by atoms with Gasteiger partial charge in [-0.05, 0) is 36.3 Å². The Morgan fingerprint density at radius 3 is 2.67 bits per heavy atom. The summed E-state index contributed by atoms with van der Waals surface area (Å²) in [6, 6.07) is 5.54. The summed E-state index contributed by atoms with van der Waals surface area (Å²) in [6.45, 7) is 1.82. The lowest BCUT2D eigenvalue weighted by Gasteiger charge is -2.07. The van der Waals surface area contributed by atoms with Crippen LogP contribution in [0.5, 0.6) is 0 Å².